The fourth-order valence-electron chi connectivity index (χ4n) is 0.304. The van der Waals surface area contributed by atoms with Gasteiger partial charge in [-0.25, -0.2) is 4.99 Å². The van der Waals surface area contributed by atoms with Gasteiger partial charge in [0.25, 0.3) is 0 Å². The minimum absolute atomic E-state index is 1.08. The third kappa shape index (κ3) is 3.83. The molecule has 0 spiro atoms. The highest BCUT2D eigenvalue weighted by Crippen LogP contribution is 1.94. The molecule has 10 heavy (non-hydrogen) atoms. The van der Waals surface area contributed by atoms with Gasteiger partial charge in [-0.2, -0.15) is 0 Å². The predicted molar refractivity (Wildman–Crippen MR) is 45.5 cm³/mol. The van der Waals surface area contributed by atoms with Gasteiger partial charge in [-0.1, -0.05) is 0 Å². The molecule has 0 saturated heterocycles. The summed E-state index contributed by atoms with van der Waals surface area (Å²) in [5.74, 6) is 0. The quantitative estimate of drug-likeness (QED) is 0.425. The van der Waals surface area contributed by atoms with Crippen LogP contribution in [0.2, 0.25) is 0 Å². The molecule has 0 N–H and O–H groups in total. The van der Waals surface area contributed by atoms with Crippen LogP contribution in [0.25, 0.3) is 0 Å². The van der Waals surface area contributed by atoms with Crippen molar-refractivity contribution in [1.82, 2.24) is 4.90 Å². The zero-order valence-corrected chi connectivity index (χ0v) is 6.70. The number of nitrogens with zero attached hydrogens (tertiary/aromatic N) is 3. The summed E-state index contributed by atoms with van der Waals surface area (Å²) in [7, 11) is 3.92. The summed E-state index contributed by atoms with van der Waals surface area (Å²) in [5.41, 5.74) is 1.08. The largest absolute Gasteiger partial charge is 0.380 e. The molecular weight excluding hydrogens is 126 g/mol. The summed E-state index contributed by atoms with van der Waals surface area (Å²) in [6, 6.07) is 0. The maximum Gasteiger partial charge on any atom is 0.114 e. The Morgan fingerprint density at radius 3 is 2.50 bits per heavy atom. The van der Waals surface area contributed by atoms with E-state index >= 15 is 0 Å². The van der Waals surface area contributed by atoms with Crippen LogP contribution in [0.5, 0.6) is 0 Å². The molecule has 0 aromatic carbocycles. The molecule has 0 atom stereocenters. The van der Waals surface area contributed by atoms with Crippen LogP contribution in [-0.4, -0.2) is 32.1 Å². The van der Waals surface area contributed by atoms with Gasteiger partial charge in [-0.05, 0) is 13.6 Å². The lowest BCUT2D eigenvalue weighted by atomic mass is 10.5. The highest BCUT2D eigenvalue weighted by Gasteiger charge is 1.85. The lowest BCUT2D eigenvalue weighted by Crippen LogP contribution is -2.07. The summed E-state index contributed by atoms with van der Waals surface area (Å²) in [5, 5.41) is 0. The molecule has 3 nitrogen and oxygen atoms in total. The average molecular weight is 139 g/mol. The first-order valence-corrected chi connectivity index (χ1v) is 3.00. The molecule has 0 rings (SSSR count). The Balaban J connectivity index is 3.91. The Hall–Kier alpha value is -1.12. The second-order valence-corrected chi connectivity index (χ2v) is 2.11. The third-order valence-electron chi connectivity index (χ3n) is 1.12. The molecule has 0 aromatic heterocycles. The molecule has 0 aromatic rings. The average Bonchev–Trinajstić information content (AvgIpc) is 1.88. The second-order valence-electron chi connectivity index (χ2n) is 2.11. The van der Waals surface area contributed by atoms with E-state index in [1.165, 1.54) is 6.34 Å². The molecule has 0 heterocycles. The van der Waals surface area contributed by atoms with Gasteiger partial charge in [0, 0.05) is 26.0 Å². The van der Waals surface area contributed by atoms with Crippen LogP contribution in [0.1, 0.15) is 6.92 Å². The van der Waals surface area contributed by atoms with Gasteiger partial charge in [0.05, 0.1) is 0 Å². The molecule has 0 radical (unpaired) electrons. The van der Waals surface area contributed by atoms with Crippen molar-refractivity contribution >= 4 is 13.1 Å². The molecule has 0 aliphatic rings. The number of rotatable bonds is 3. The summed E-state index contributed by atoms with van der Waals surface area (Å²) >= 11 is 0. The van der Waals surface area contributed by atoms with Gasteiger partial charge < -0.3 is 4.90 Å². The van der Waals surface area contributed by atoms with Crippen molar-refractivity contribution in [3.05, 3.63) is 11.9 Å². The minimum atomic E-state index is 1.08. The fraction of sp³-hybridized carbons (Fsp3) is 0.429. The highest BCUT2D eigenvalue weighted by molar-refractivity contribution is 5.62. The monoisotopic (exact) mass is 139 g/mol. The fourth-order valence-corrected chi connectivity index (χ4v) is 0.304. The standard InChI is InChI=1S/C7H13N3/c1-7(10(3)4)5-9-6-8-2/h5-6H,2H2,1,3-4H3. The molecule has 0 bridgehead atoms. The van der Waals surface area contributed by atoms with E-state index < -0.39 is 0 Å². The summed E-state index contributed by atoms with van der Waals surface area (Å²) in [6.45, 7) is 5.23. The lowest BCUT2D eigenvalue weighted by molar-refractivity contribution is 0.512. The summed E-state index contributed by atoms with van der Waals surface area (Å²) in [6.07, 6.45) is 3.14. The van der Waals surface area contributed by atoms with E-state index in [0.29, 0.717) is 0 Å². The highest BCUT2D eigenvalue weighted by atomic mass is 15.1. The van der Waals surface area contributed by atoms with Gasteiger partial charge >= 0.3 is 0 Å². The van der Waals surface area contributed by atoms with E-state index in [4.69, 9.17) is 0 Å². The number of allylic oxidation sites excluding steroid dienone is 1. The van der Waals surface area contributed by atoms with Crippen LogP contribution < -0.4 is 0 Å². The Bertz CT molecular complexity index is 156. The number of hydrogen-bond acceptors (Lipinski definition) is 2. The van der Waals surface area contributed by atoms with Crippen molar-refractivity contribution < 1.29 is 0 Å². The van der Waals surface area contributed by atoms with Crippen molar-refractivity contribution in [2.75, 3.05) is 14.1 Å². The molecule has 0 unspecified atom stereocenters. The zero-order valence-electron chi connectivity index (χ0n) is 6.70. The van der Waals surface area contributed by atoms with Gasteiger partial charge in [0.15, 0.2) is 0 Å². The van der Waals surface area contributed by atoms with Crippen LogP contribution >= 0.6 is 0 Å². The molecule has 0 aliphatic heterocycles. The van der Waals surface area contributed by atoms with Crippen LogP contribution in [0, 0.1) is 0 Å². The lowest BCUT2D eigenvalue weighted by Gasteiger charge is -2.10. The van der Waals surface area contributed by atoms with Gasteiger partial charge in [-0.3, -0.25) is 4.99 Å². The Labute approximate surface area is 61.8 Å². The van der Waals surface area contributed by atoms with E-state index in [1.54, 1.807) is 6.20 Å². The van der Waals surface area contributed by atoms with Crippen molar-refractivity contribution in [2.24, 2.45) is 9.98 Å². The molecule has 56 valence electrons. The molecule has 3 heteroatoms. The third-order valence-corrected chi connectivity index (χ3v) is 1.12. The molecule has 0 aliphatic carbocycles. The smallest absolute Gasteiger partial charge is 0.114 e. The Morgan fingerprint density at radius 2 is 2.10 bits per heavy atom. The van der Waals surface area contributed by atoms with E-state index in [2.05, 4.69) is 16.7 Å². The molecular formula is C7H13N3. The van der Waals surface area contributed by atoms with Crippen LogP contribution in [0.3, 0.4) is 0 Å². The van der Waals surface area contributed by atoms with E-state index in [1.807, 2.05) is 25.9 Å². The van der Waals surface area contributed by atoms with E-state index in [-0.39, 0.29) is 0 Å². The SMILES string of the molecule is C=NC=NC=C(C)N(C)C. The number of aliphatic imine (C=N–C) groups is 2. The van der Waals surface area contributed by atoms with Crippen LogP contribution in [-0.2, 0) is 0 Å². The molecule has 0 amide bonds. The van der Waals surface area contributed by atoms with E-state index in [9.17, 15) is 0 Å². The first kappa shape index (κ1) is 8.88. The van der Waals surface area contributed by atoms with Crippen molar-refractivity contribution in [3.63, 3.8) is 0 Å². The van der Waals surface area contributed by atoms with Gasteiger partial charge in [0.1, 0.15) is 6.34 Å². The number of hydrogen-bond donors (Lipinski definition) is 0. The zero-order chi connectivity index (χ0) is 7.98. The predicted octanol–water partition coefficient (Wildman–Crippen LogP) is 1.14. The normalized spacial score (nSPS) is 12.1. The second kappa shape index (κ2) is 4.73. The Kier molecular flexibility index (Phi) is 4.20. The minimum Gasteiger partial charge on any atom is -0.380 e. The van der Waals surface area contributed by atoms with Crippen molar-refractivity contribution in [3.8, 4) is 0 Å². The van der Waals surface area contributed by atoms with Gasteiger partial charge in [-0.15, -0.1) is 0 Å². The maximum atomic E-state index is 3.85. The van der Waals surface area contributed by atoms with Crippen LogP contribution in [0.4, 0.5) is 0 Å². The van der Waals surface area contributed by atoms with Crippen molar-refractivity contribution in [1.29, 1.82) is 0 Å². The van der Waals surface area contributed by atoms with Crippen molar-refractivity contribution in [2.45, 2.75) is 6.92 Å². The topological polar surface area (TPSA) is 28.0 Å². The van der Waals surface area contributed by atoms with Gasteiger partial charge in [0.2, 0.25) is 0 Å². The molecule has 0 saturated carbocycles. The first-order valence-electron chi connectivity index (χ1n) is 3.00. The molecule has 0 fully saturated rings. The Morgan fingerprint density at radius 1 is 1.50 bits per heavy atom. The summed E-state index contributed by atoms with van der Waals surface area (Å²) in [4.78, 5) is 9.29. The van der Waals surface area contributed by atoms with E-state index in [0.717, 1.165) is 5.70 Å². The maximum absolute atomic E-state index is 3.85. The first-order chi connectivity index (χ1) is 4.68. The van der Waals surface area contributed by atoms with Crippen LogP contribution in [0.15, 0.2) is 21.9 Å². The summed E-state index contributed by atoms with van der Waals surface area (Å²) < 4.78 is 0.